The van der Waals surface area contributed by atoms with Gasteiger partial charge in [-0.05, 0) is 29.3 Å². The van der Waals surface area contributed by atoms with Crippen molar-refractivity contribution in [3.05, 3.63) is 100 Å². The highest BCUT2D eigenvalue weighted by Gasteiger charge is 2.20. The standard InChI is InChI=1S/C23H14F3NO4/c24-16-8-9-17(25)21-20(16)22(28)19(31-23(29)30)12-27(21)11-15-7-6-14(10-18(15)26)13-4-2-1-3-5-13/h1-10,12H,11H2,(H,29,30). The van der Waals surface area contributed by atoms with E-state index in [1.54, 1.807) is 6.07 Å². The number of fused-ring (bicyclic) bond motifs is 1. The second-order valence-corrected chi connectivity index (χ2v) is 6.74. The Labute approximate surface area is 173 Å². The van der Waals surface area contributed by atoms with Gasteiger partial charge in [-0.3, -0.25) is 4.79 Å². The van der Waals surface area contributed by atoms with E-state index < -0.39 is 45.7 Å². The van der Waals surface area contributed by atoms with Crippen LogP contribution in [-0.2, 0) is 6.54 Å². The first-order valence-electron chi connectivity index (χ1n) is 9.11. The summed E-state index contributed by atoms with van der Waals surface area (Å²) in [5.41, 5.74) is 0.000137. The summed E-state index contributed by atoms with van der Waals surface area (Å²) in [6.45, 7) is -0.298. The van der Waals surface area contributed by atoms with E-state index in [1.165, 1.54) is 12.1 Å². The maximum absolute atomic E-state index is 14.8. The number of nitrogens with zero attached hydrogens (tertiary/aromatic N) is 1. The second kappa shape index (κ2) is 7.98. The van der Waals surface area contributed by atoms with E-state index in [-0.39, 0.29) is 12.1 Å². The van der Waals surface area contributed by atoms with E-state index in [1.807, 2.05) is 30.3 Å². The molecule has 0 saturated heterocycles. The average Bonchev–Trinajstić information content (AvgIpc) is 2.74. The maximum Gasteiger partial charge on any atom is 0.511 e. The van der Waals surface area contributed by atoms with Crippen molar-refractivity contribution >= 4 is 17.1 Å². The van der Waals surface area contributed by atoms with Gasteiger partial charge in [-0.25, -0.2) is 18.0 Å². The van der Waals surface area contributed by atoms with E-state index in [0.717, 1.165) is 28.5 Å². The van der Waals surface area contributed by atoms with Crippen molar-refractivity contribution < 1.29 is 27.8 Å². The third-order valence-electron chi connectivity index (χ3n) is 4.79. The highest BCUT2D eigenvalue weighted by Crippen LogP contribution is 2.25. The van der Waals surface area contributed by atoms with Crippen molar-refractivity contribution in [2.75, 3.05) is 0 Å². The molecule has 0 aliphatic heterocycles. The summed E-state index contributed by atoms with van der Waals surface area (Å²) in [6.07, 6.45) is -0.871. The smallest absolute Gasteiger partial charge is 0.449 e. The lowest BCUT2D eigenvalue weighted by atomic mass is 10.0. The fraction of sp³-hybridized carbons (Fsp3) is 0.0435. The molecule has 1 heterocycles. The van der Waals surface area contributed by atoms with Crippen molar-refractivity contribution in [2.24, 2.45) is 0 Å². The lowest BCUT2D eigenvalue weighted by Crippen LogP contribution is -2.18. The zero-order valence-electron chi connectivity index (χ0n) is 15.8. The summed E-state index contributed by atoms with van der Waals surface area (Å²) in [5, 5.41) is 8.17. The van der Waals surface area contributed by atoms with Crippen LogP contribution in [-0.4, -0.2) is 15.8 Å². The van der Waals surface area contributed by atoms with Crippen LogP contribution in [0, 0.1) is 17.5 Å². The van der Waals surface area contributed by atoms with Crippen LogP contribution in [0.4, 0.5) is 18.0 Å². The largest absolute Gasteiger partial charge is 0.511 e. The van der Waals surface area contributed by atoms with Crippen molar-refractivity contribution in [3.8, 4) is 16.9 Å². The Kier molecular flexibility index (Phi) is 5.21. The molecule has 0 spiro atoms. The van der Waals surface area contributed by atoms with E-state index in [4.69, 9.17) is 5.11 Å². The van der Waals surface area contributed by atoms with Crippen molar-refractivity contribution in [3.63, 3.8) is 0 Å². The quantitative estimate of drug-likeness (QED) is 0.457. The molecule has 156 valence electrons. The van der Waals surface area contributed by atoms with E-state index >= 15 is 0 Å². The number of aromatic nitrogens is 1. The minimum absolute atomic E-state index is 0.120. The fourth-order valence-corrected chi connectivity index (χ4v) is 3.39. The molecular formula is C23H14F3NO4. The third-order valence-corrected chi connectivity index (χ3v) is 4.79. The van der Waals surface area contributed by atoms with Crippen LogP contribution in [0.25, 0.3) is 22.0 Å². The molecule has 5 nitrogen and oxygen atoms in total. The summed E-state index contributed by atoms with van der Waals surface area (Å²) in [5.74, 6) is -3.29. The molecule has 4 rings (SSSR count). The molecule has 31 heavy (non-hydrogen) atoms. The predicted molar refractivity (Wildman–Crippen MR) is 108 cm³/mol. The highest BCUT2D eigenvalue weighted by molar-refractivity contribution is 5.82. The number of carboxylic acid groups (broad SMARTS) is 1. The zero-order valence-corrected chi connectivity index (χ0v) is 15.8. The van der Waals surface area contributed by atoms with Crippen LogP contribution >= 0.6 is 0 Å². The Hall–Kier alpha value is -4.07. The van der Waals surface area contributed by atoms with Gasteiger partial charge in [0.2, 0.25) is 5.43 Å². The molecular weight excluding hydrogens is 411 g/mol. The summed E-state index contributed by atoms with van der Waals surface area (Å²) in [7, 11) is 0. The highest BCUT2D eigenvalue weighted by atomic mass is 19.1. The molecule has 1 N–H and O–H groups in total. The Bertz CT molecular complexity index is 1370. The van der Waals surface area contributed by atoms with Gasteiger partial charge < -0.3 is 14.4 Å². The van der Waals surface area contributed by atoms with Crippen LogP contribution in [0.15, 0.2) is 71.7 Å². The van der Waals surface area contributed by atoms with Gasteiger partial charge in [0.25, 0.3) is 0 Å². The van der Waals surface area contributed by atoms with Gasteiger partial charge in [0.15, 0.2) is 5.75 Å². The minimum atomic E-state index is -1.79. The van der Waals surface area contributed by atoms with Crippen LogP contribution in [0.5, 0.6) is 5.75 Å². The van der Waals surface area contributed by atoms with Gasteiger partial charge in [-0.1, -0.05) is 42.5 Å². The van der Waals surface area contributed by atoms with Crippen LogP contribution < -0.4 is 10.2 Å². The monoisotopic (exact) mass is 425 g/mol. The van der Waals surface area contributed by atoms with Gasteiger partial charge in [-0.15, -0.1) is 0 Å². The van der Waals surface area contributed by atoms with Gasteiger partial charge >= 0.3 is 6.16 Å². The number of pyridine rings is 1. The lowest BCUT2D eigenvalue weighted by Gasteiger charge is -2.15. The zero-order chi connectivity index (χ0) is 22.1. The minimum Gasteiger partial charge on any atom is -0.449 e. The molecule has 0 amide bonds. The topological polar surface area (TPSA) is 68.5 Å². The first kappa shape index (κ1) is 20.2. The molecule has 0 bridgehead atoms. The van der Waals surface area contributed by atoms with Crippen LogP contribution in [0.2, 0.25) is 0 Å². The Balaban J connectivity index is 1.85. The van der Waals surface area contributed by atoms with Gasteiger partial charge in [-0.2, -0.15) is 0 Å². The SMILES string of the molecule is O=C(O)Oc1cn(Cc2ccc(-c3ccccc3)cc2F)c2c(F)ccc(F)c2c1=O. The average molecular weight is 425 g/mol. The molecule has 0 unspecified atom stereocenters. The van der Waals surface area contributed by atoms with Gasteiger partial charge in [0, 0.05) is 5.56 Å². The first-order chi connectivity index (χ1) is 14.8. The van der Waals surface area contributed by atoms with Crippen molar-refractivity contribution in [2.45, 2.75) is 6.54 Å². The number of ether oxygens (including phenoxy) is 1. The van der Waals surface area contributed by atoms with Crippen LogP contribution in [0.1, 0.15) is 5.56 Å². The molecule has 0 atom stereocenters. The Morgan fingerprint density at radius 1 is 0.903 bits per heavy atom. The van der Waals surface area contributed by atoms with E-state index in [9.17, 15) is 22.8 Å². The molecule has 4 aromatic rings. The van der Waals surface area contributed by atoms with Crippen LogP contribution in [0.3, 0.4) is 0 Å². The van der Waals surface area contributed by atoms with Gasteiger partial charge in [0.05, 0.1) is 23.6 Å². The number of halogens is 3. The first-order valence-corrected chi connectivity index (χ1v) is 9.11. The van der Waals surface area contributed by atoms with Crippen molar-refractivity contribution in [1.29, 1.82) is 0 Å². The molecule has 0 saturated carbocycles. The number of carbonyl (C=O) groups is 1. The summed E-state index contributed by atoms with van der Waals surface area (Å²) in [6, 6.07) is 15.1. The molecule has 0 radical (unpaired) electrons. The Morgan fingerprint density at radius 3 is 2.29 bits per heavy atom. The molecule has 0 fully saturated rings. The van der Waals surface area contributed by atoms with E-state index in [2.05, 4.69) is 4.74 Å². The third kappa shape index (κ3) is 3.87. The lowest BCUT2D eigenvalue weighted by molar-refractivity contribution is 0.143. The molecule has 1 aromatic heterocycles. The second-order valence-electron chi connectivity index (χ2n) is 6.74. The summed E-state index contributed by atoms with van der Waals surface area (Å²) >= 11 is 0. The molecule has 8 heteroatoms. The maximum atomic E-state index is 14.8. The fourth-order valence-electron chi connectivity index (χ4n) is 3.39. The predicted octanol–water partition coefficient (Wildman–Crippen LogP) is 5.19. The summed E-state index contributed by atoms with van der Waals surface area (Å²) in [4.78, 5) is 23.3. The van der Waals surface area contributed by atoms with Crippen molar-refractivity contribution in [1.82, 2.24) is 4.57 Å². The number of benzene rings is 3. The molecule has 0 aliphatic carbocycles. The normalized spacial score (nSPS) is 10.9. The molecule has 0 aliphatic rings. The molecule has 3 aromatic carbocycles. The van der Waals surface area contributed by atoms with E-state index in [0.29, 0.717) is 5.56 Å². The number of rotatable bonds is 4. The number of hydrogen-bond acceptors (Lipinski definition) is 3. The summed E-state index contributed by atoms with van der Waals surface area (Å²) < 4.78 is 49.1. The van der Waals surface area contributed by atoms with Gasteiger partial charge in [0.1, 0.15) is 17.5 Å². The number of hydrogen-bond donors (Lipinski definition) is 1. The Morgan fingerprint density at radius 2 is 1.61 bits per heavy atom.